The predicted molar refractivity (Wildman–Crippen MR) is 95.7 cm³/mol. The topological polar surface area (TPSA) is 46.6 Å². The first-order valence-electron chi connectivity index (χ1n) is 8.24. The second-order valence-corrected chi connectivity index (χ2v) is 6.86. The fourth-order valence-corrected chi connectivity index (χ4v) is 3.29. The molecular formula is C19H15BrF3NO3. The highest BCUT2D eigenvalue weighted by molar-refractivity contribution is 9.10. The van der Waals surface area contributed by atoms with Gasteiger partial charge in [0.15, 0.2) is 0 Å². The first-order valence-corrected chi connectivity index (χ1v) is 9.03. The molecule has 8 heteroatoms. The van der Waals surface area contributed by atoms with Crippen LogP contribution < -0.4 is 4.74 Å². The van der Waals surface area contributed by atoms with E-state index in [0.29, 0.717) is 24.0 Å². The van der Waals surface area contributed by atoms with E-state index in [1.807, 2.05) is 0 Å². The minimum Gasteiger partial charge on any atom is -0.494 e. The number of halogens is 4. The van der Waals surface area contributed by atoms with Crippen molar-refractivity contribution in [2.24, 2.45) is 0 Å². The number of imide groups is 1. The third kappa shape index (κ3) is 4.16. The van der Waals surface area contributed by atoms with Crippen LogP contribution in [0.2, 0.25) is 0 Å². The summed E-state index contributed by atoms with van der Waals surface area (Å²) in [5, 5.41) is 0. The summed E-state index contributed by atoms with van der Waals surface area (Å²) in [6.45, 7) is 0.423. The largest absolute Gasteiger partial charge is 0.494 e. The standard InChI is InChI=1S/C19H15BrF3NO3/c20-16-8-7-12(11-15(16)19(21,22)23)27-10-4-3-9-24-17(25)13-5-1-2-6-14(13)18(24)26/h1-2,5-8,11H,3-4,9-10H2. The number of carbonyl (C=O) groups excluding carboxylic acids is 2. The zero-order valence-electron chi connectivity index (χ0n) is 14.1. The van der Waals surface area contributed by atoms with E-state index in [1.165, 1.54) is 17.0 Å². The van der Waals surface area contributed by atoms with Gasteiger partial charge in [0, 0.05) is 11.0 Å². The number of nitrogens with zero attached hydrogens (tertiary/aromatic N) is 1. The van der Waals surface area contributed by atoms with Crippen LogP contribution in [0.4, 0.5) is 13.2 Å². The molecule has 0 aliphatic carbocycles. The zero-order chi connectivity index (χ0) is 19.6. The van der Waals surface area contributed by atoms with Gasteiger partial charge in [0.1, 0.15) is 5.75 Å². The Morgan fingerprint density at radius 1 is 0.963 bits per heavy atom. The molecule has 0 spiro atoms. The Morgan fingerprint density at radius 2 is 1.59 bits per heavy atom. The maximum atomic E-state index is 12.9. The number of amides is 2. The average Bonchev–Trinajstić information content (AvgIpc) is 2.87. The number of ether oxygens (including phenoxy) is 1. The Morgan fingerprint density at radius 3 is 2.19 bits per heavy atom. The SMILES string of the molecule is O=C1c2ccccc2C(=O)N1CCCCOc1ccc(Br)c(C(F)(F)F)c1. The van der Waals surface area contributed by atoms with Crippen LogP contribution in [0.5, 0.6) is 5.75 Å². The fraction of sp³-hybridized carbons (Fsp3) is 0.263. The van der Waals surface area contributed by atoms with Gasteiger partial charge in [0.2, 0.25) is 0 Å². The van der Waals surface area contributed by atoms with Gasteiger partial charge >= 0.3 is 6.18 Å². The van der Waals surface area contributed by atoms with Gasteiger partial charge in [-0.2, -0.15) is 13.2 Å². The number of hydrogen-bond donors (Lipinski definition) is 0. The number of alkyl halides is 3. The van der Waals surface area contributed by atoms with E-state index in [-0.39, 0.29) is 35.2 Å². The van der Waals surface area contributed by atoms with Crippen LogP contribution in [-0.2, 0) is 6.18 Å². The summed E-state index contributed by atoms with van der Waals surface area (Å²) >= 11 is 2.88. The van der Waals surface area contributed by atoms with Crippen molar-refractivity contribution in [3.8, 4) is 5.75 Å². The highest BCUT2D eigenvalue weighted by atomic mass is 79.9. The summed E-state index contributed by atoms with van der Waals surface area (Å²) < 4.78 is 43.9. The smallest absolute Gasteiger partial charge is 0.417 e. The molecule has 1 heterocycles. The van der Waals surface area contributed by atoms with Gasteiger partial charge < -0.3 is 4.74 Å². The lowest BCUT2D eigenvalue weighted by Gasteiger charge is -2.14. The van der Waals surface area contributed by atoms with Crippen molar-refractivity contribution in [3.05, 3.63) is 63.6 Å². The highest BCUT2D eigenvalue weighted by Crippen LogP contribution is 2.36. The van der Waals surface area contributed by atoms with Crippen molar-refractivity contribution in [1.82, 2.24) is 4.90 Å². The lowest BCUT2D eigenvalue weighted by atomic mass is 10.1. The maximum Gasteiger partial charge on any atom is 0.417 e. The zero-order valence-corrected chi connectivity index (χ0v) is 15.6. The second-order valence-electron chi connectivity index (χ2n) is 6.00. The van der Waals surface area contributed by atoms with Gasteiger partial charge in [-0.1, -0.05) is 28.1 Å². The van der Waals surface area contributed by atoms with Crippen molar-refractivity contribution in [2.45, 2.75) is 19.0 Å². The molecule has 0 unspecified atom stereocenters. The Bertz CT molecular complexity index is 848. The first-order chi connectivity index (χ1) is 12.8. The van der Waals surface area contributed by atoms with Crippen molar-refractivity contribution in [1.29, 1.82) is 0 Å². The van der Waals surface area contributed by atoms with E-state index >= 15 is 0 Å². The number of fused-ring (bicyclic) bond motifs is 1. The van der Waals surface area contributed by atoms with Crippen LogP contribution in [0.25, 0.3) is 0 Å². The molecule has 142 valence electrons. The molecule has 0 N–H and O–H groups in total. The third-order valence-electron chi connectivity index (χ3n) is 4.17. The number of carbonyl (C=O) groups is 2. The summed E-state index contributed by atoms with van der Waals surface area (Å²) in [7, 11) is 0. The van der Waals surface area contributed by atoms with Crippen LogP contribution in [0.3, 0.4) is 0 Å². The third-order valence-corrected chi connectivity index (χ3v) is 4.86. The number of unbranched alkanes of at least 4 members (excludes halogenated alkanes) is 1. The van der Waals surface area contributed by atoms with Crippen LogP contribution in [0.15, 0.2) is 46.9 Å². The molecule has 0 atom stereocenters. The van der Waals surface area contributed by atoms with E-state index in [9.17, 15) is 22.8 Å². The monoisotopic (exact) mass is 441 g/mol. The quantitative estimate of drug-likeness (QED) is 0.471. The van der Waals surface area contributed by atoms with E-state index in [4.69, 9.17) is 4.74 Å². The van der Waals surface area contributed by atoms with Crippen LogP contribution in [0.1, 0.15) is 39.1 Å². The molecule has 1 aliphatic heterocycles. The van der Waals surface area contributed by atoms with Gasteiger partial charge in [-0.3, -0.25) is 14.5 Å². The molecule has 3 rings (SSSR count). The molecule has 0 radical (unpaired) electrons. The van der Waals surface area contributed by atoms with Gasteiger partial charge in [0.25, 0.3) is 11.8 Å². The summed E-state index contributed by atoms with van der Waals surface area (Å²) in [6.07, 6.45) is -3.48. The van der Waals surface area contributed by atoms with Crippen LogP contribution in [-0.4, -0.2) is 29.9 Å². The lowest BCUT2D eigenvalue weighted by Crippen LogP contribution is -2.30. The Hall–Kier alpha value is -2.35. The van der Waals surface area contributed by atoms with Gasteiger partial charge in [0.05, 0.1) is 23.3 Å². The van der Waals surface area contributed by atoms with E-state index in [2.05, 4.69) is 15.9 Å². The molecule has 0 fully saturated rings. The summed E-state index contributed by atoms with van der Waals surface area (Å²) in [5.41, 5.74) is -0.00684. The van der Waals surface area contributed by atoms with Crippen molar-refractivity contribution in [2.75, 3.05) is 13.2 Å². The van der Waals surface area contributed by atoms with Crippen molar-refractivity contribution < 1.29 is 27.5 Å². The second kappa shape index (κ2) is 7.72. The summed E-state index contributed by atoms with van der Waals surface area (Å²) in [5.74, 6) is -0.523. The van der Waals surface area contributed by atoms with E-state index in [0.717, 1.165) is 6.07 Å². The molecule has 0 aromatic heterocycles. The van der Waals surface area contributed by atoms with E-state index < -0.39 is 11.7 Å². The number of hydrogen-bond acceptors (Lipinski definition) is 3. The van der Waals surface area contributed by atoms with Crippen LogP contribution >= 0.6 is 15.9 Å². The number of benzene rings is 2. The minimum atomic E-state index is -4.47. The molecule has 1 aliphatic rings. The molecular weight excluding hydrogens is 427 g/mol. The molecule has 2 amide bonds. The number of rotatable bonds is 6. The van der Waals surface area contributed by atoms with Gasteiger partial charge in [-0.05, 0) is 43.2 Å². The summed E-state index contributed by atoms with van der Waals surface area (Å²) in [4.78, 5) is 25.6. The molecule has 2 aromatic carbocycles. The molecule has 2 aromatic rings. The van der Waals surface area contributed by atoms with Crippen LogP contribution in [0, 0.1) is 0 Å². The van der Waals surface area contributed by atoms with Crippen molar-refractivity contribution in [3.63, 3.8) is 0 Å². The molecule has 0 bridgehead atoms. The Labute approximate surface area is 162 Å². The first kappa shape index (κ1) is 19.4. The lowest BCUT2D eigenvalue weighted by molar-refractivity contribution is -0.138. The molecule has 0 saturated carbocycles. The normalized spacial score (nSPS) is 13.9. The molecule has 0 saturated heterocycles. The fourth-order valence-electron chi connectivity index (χ4n) is 2.82. The average molecular weight is 442 g/mol. The van der Waals surface area contributed by atoms with Gasteiger partial charge in [-0.15, -0.1) is 0 Å². The summed E-state index contributed by atoms with van der Waals surface area (Å²) in [6, 6.07) is 10.3. The highest BCUT2D eigenvalue weighted by Gasteiger charge is 2.35. The van der Waals surface area contributed by atoms with Gasteiger partial charge in [-0.25, -0.2) is 0 Å². The maximum absolute atomic E-state index is 12.9. The molecule has 27 heavy (non-hydrogen) atoms. The predicted octanol–water partition coefficient (Wildman–Crippen LogP) is 4.92. The Kier molecular flexibility index (Phi) is 5.55. The molecule has 4 nitrogen and oxygen atoms in total. The van der Waals surface area contributed by atoms with E-state index in [1.54, 1.807) is 24.3 Å². The Balaban J connectivity index is 1.50. The van der Waals surface area contributed by atoms with Crippen molar-refractivity contribution >= 4 is 27.7 Å². The minimum absolute atomic E-state index is 0.0482.